The summed E-state index contributed by atoms with van der Waals surface area (Å²) in [5, 5.41) is 3.17. The number of fused-ring (bicyclic) bond motifs is 1. The summed E-state index contributed by atoms with van der Waals surface area (Å²) in [4.78, 5) is 16.8. The minimum atomic E-state index is -3.77. The van der Waals surface area contributed by atoms with E-state index in [1.165, 1.54) is 42.6 Å². The van der Waals surface area contributed by atoms with E-state index in [-0.39, 0.29) is 11.4 Å². The molecule has 3 rings (SSSR count). The molecule has 142 valence electrons. The first kappa shape index (κ1) is 20.1. The highest BCUT2D eigenvalue weighted by Gasteiger charge is 2.23. The molecule has 3 aromatic rings. The predicted octanol–water partition coefficient (Wildman–Crippen LogP) is 3.93. The summed E-state index contributed by atoms with van der Waals surface area (Å²) in [6.45, 7) is -0.304. The average Bonchev–Trinajstić information content (AvgIpc) is 3.04. The molecule has 0 fully saturated rings. The maximum Gasteiger partial charge on any atom is 0.243 e. The number of rotatable bonds is 6. The van der Waals surface area contributed by atoms with Gasteiger partial charge in [-0.1, -0.05) is 23.4 Å². The van der Waals surface area contributed by atoms with E-state index in [2.05, 4.69) is 10.3 Å². The number of thioether (sulfide) groups is 1. The van der Waals surface area contributed by atoms with Gasteiger partial charge in [0.05, 0.1) is 21.7 Å². The van der Waals surface area contributed by atoms with Crippen molar-refractivity contribution in [3.8, 4) is 0 Å². The molecule has 27 heavy (non-hydrogen) atoms. The molecule has 0 bridgehead atoms. The van der Waals surface area contributed by atoms with Gasteiger partial charge in [-0.15, -0.1) is 11.3 Å². The minimum Gasteiger partial charge on any atom is -0.325 e. The van der Waals surface area contributed by atoms with Gasteiger partial charge in [-0.3, -0.25) is 4.79 Å². The number of benzene rings is 2. The molecule has 0 unspecified atom stereocenters. The van der Waals surface area contributed by atoms with E-state index in [1.807, 2.05) is 18.4 Å². The Balaban J connectivity index is 1.70. The fraction of sp³-hybridized carbons (Fsp3) is 0.176. The number of aromatic nitrogens is 1. The first-order valence-corrected chi connectivity index (χ1v) is 11.6. The highest BCUT2D eigenvalue weighted by Crippen LogP contribution is 2.30. The highest BCUT2D eigenvalue weighted by atomic mass is 35.5. The van der Waals surface area contributed by atoms with Crippen molar-refractivity contribution >= 4 is 66.5 Å². The number of nitrogens with zero attached hydrogens (tertiary/aromatic N) is 2. The van der Waals surface area contributed by atoms with Gasteiger partial charge in [-0.2, -0.15) is 4.31 Å². The van der Waals surface area contributed by atoms with Gasteiger partial charge in [-0.05, 0) is 48.7 Å². The molecule has 0 radical (unpaired) electrons. The Labute approximate surface area is 170 Å². The lowest BCUT2D eigenvalue weighted by Gasteiger charge is -2.17. The van der Waals surface area contributed by atoms with Gasteiger partial charge in [0.25, 0.3) is 0 Å². The molecule has 2 aromatic carbocycles. The van der Waals surface area contributed by atoms with E-state index < -0.39 is 15.9 Å². The smallest absolute Gasteiger partial charge is 0.243 e. The number of hydrogen-bond donors (Lipinski definition) is 1. The van der Waals surface area contributed by atoms with Crippen LogP contribution >= 0.6 is 34.7 Å². The first-order chi connectivity index (χ1) is 12.8. The number of nitrogens with one attached hydrogen (secondary N) is 1. The van der Waals surface area contributed by atoms with Crippen molar-refractivity contribution in [3.63, 3.8) is 0 Å². The number of hydrogen-bond acceptors (Lipinski definition) is 6. The Kier molecular flexibility index (Phi) is 6.07. The van der Waals surface area contributed by atoms with E-state index in [1.54, 1.807) is 17.8 Å². The van der Waals surface area contributed by atoms with Crippen molar-refractivity contribution in [2.75, 3.05) is 25.2 Å². The third-order valence-electron chi connectivity index (χ3n) is 3.72. The van der Waals surface area contributed by atoms with E-state index in [0.29, 0.717) is 10.7 Å². The topological polar surface area (TPSA) is 79.4 Å². The van der Waals surface area contributed by atoms with Crippen LogP contribution in [0.3, 0.4) is 0 Å². The summed E-state index contributed by atoms with van der Waals surface area (Å²) in [7, 11) is -2.41. The monoisotopic (exact) mass is 441 g/mol. The zero-order valence-corrected chi connectivity index (χ0v) is 17.7. The Morgan fingerprint density at radius 3 is 2.63 bits per heavy atom. The molecular formula is C17H16ClN3O3S3. The summed E-state index contributed by atoms with van der Waals surface area (Å²) in [6, 6.07) is 11.2. The van der Waals surface area contributed by atoms with Crippen LogP contribution in [0.25, 0.3) is 10.2 Å². The molecule has 0 saturated carbocycles. The number of halogens is 1. The number of carbonyl (C=O) groups is 1. The molecule has 0 spiro atoms. The molecule has 1 amide bonds. The van der Waals surface area contributed by atoms with Gasteiger partial charge in [0.15, 0.2) is 4.34 Å². The normalized spacial score (nSPS) is 11.9. The minimum absolute atomic E-state index is 0.0814. The van der Waals surface area contributed by atoms with E-state index in [4.69, 9.17) is 11.6 Å². The van der Waals surface area contributed by atoms with Gasteiger partial charge in [-0.25, -0.2) is 13.4 Å². The van der Waals surface area contributed by atoms with Crippen LogP contribution in [-0.4, -0.2) is 43.5 Å². The summed E-state index contributed by atoms with van der Waals surface area (Å²) in [5.74, 6) is -0.427. The lowest BCUT2D eigenvalue weighted by atomic mass is 10.3. The molecule has 0 aliphatic rings. The second kappa shape index (κ2) is 8.15. The van der Waals surface area contributed by atoms with Crippen LogP contribution in [0, 0.1) is 0 Å². The van der Waals surface area contributed by atoms with Crippen molar-refractivity contribution in [1.82, 2.24) is 9.29 Å². The molecule has 1 N–H and O–H groups in total. The second-order valence-electron chi connectivity index (χ2n) is 5.63. The third kappa shape index (κ3) is 4.61. The van der Waals surface area contributed by atoms with Crippen molar-refractivity contribution in [3.05, 3.63) is 47.5 Å². The summed E-state index contributed by atoms with van der Waals surface area (Å²) >= 11 is 8.89. The van der Waals surface area contributed by atoms with Crippen LogP contribution in [0.5, 0.6) is 0 Å². The Bertz CT molecular complexity index is 1080. The van der Waals surface area contributed by atoms with Crippen LogP contribution in [0.1, 0.15) is 0 Å². The average molecular weight is 442 g/mol. The third-order valence-corrected chi connectivity index (χ3v) is 7.79. The standard InChI is InChI=1S/C17H16ClN3O3S3/c1-21(27(23,24)13-6-3-11(18)4-7-13)10-16(22)19-12-5-8-14-15(9-12)26-17(20-14)25-2/h3-9H,10H2,1-2H3,(H,19,22). The number of anilines is 1. The molecule has 0 atom stereocenters. The van der Waals surface area contributed by atoms with Crippen LogP contribution in [-0.2, 0) is 14.8 Å². The van der Waals surface area contributed by atoms with Crippen LogP contribution in [0.15, 0.2) is 51.7 Å². The lowest BCUT2D eigenvalue weighted by Crippen LogP contribution is -2.34. The summed E-state index contributed by atoms with van der Waals surface area (Å²) in [5.41, 5.74) is 1.46. The van der Waals surface area contributed by atoms with E-state index >= 15 is 0 Å². The van der Waals surface area contributed by atoms with Crippen molar-refractivity contribution in [2.24, 2.45) is 0 Å². The van der Waals surface area contributed by atoms with E-state index in [9.17, 15) is 13.2 Å². The van der Waals surface area contributed by atoms with Crippen LogP contribution in [0.4, 0.5) is 5.69 Å². The summed E-state index contributed by atoms with van der Waals surface area (Å²) in [6.07, 6.45) is 1.96. The molecular weight excluding hydrogens is 426 g/mol. The molecule has 10 heteroatoms. The lowest BCUT2D eigenvalue weighted by molar-refractivity contribution is -0.116. The van der Waals surface area contributed by atoms with E-state index in [0.717, 1.165) is 18.9 Å². The van der Waals surface area contributed by atoms with Crippen molar-refractivity contribution < 1.29 is 13.2 Å². The zero-order valence-electron chi connectivity index (χ0n) is 14.5. The number of likely N-dealkylation sites (N-methyl/N-ethyl adjacent to an activating group) is 1. The van der Waals surface area contributed by atoms with Crippen molar-refractivity contribution in [2.45, 2.75) is 9.24 Å². The SMILES string of the molecule is CSc1nc2ccc(NC(=O)CN(C)S(=O)(=O)c3ccc(Cl)cc3)cc2s1. The zero-order chi connectivity index (χ0) is 19.6. The molecule has 1 heterocycles. The molecule has 1 aromatic heterocycles. The van der Waals surface area contributed by atoms with Gasteiger partial charge < -0.3 is 5.32 Å². The number of sulfonamides is 1. The quantitative estimate of drug-likeness (QED) is 0.586. The van der Waals surface area contributed by atoms with Gasteiger partial charge in [0.2, 0.25) is 15.9 Å². The molecule has 0 saturated heterocycles. The number of amides is 1. The first-order valence-electron chi connectivity index (χ1n) is 7.76. The van der Waals surface area contributed by atoms with Crippen LogP contribution in [0.2, 0.25) is 5.02 Å². The fourth-order valence-corrected chi connectivity index (χ4v) is 5.12. The second-order valence-corrected chi connectivity index (χ2v) is 10.2. The fourth-order valence-electron chi connectivity index (χ4n) is 2.34. The summed E-state index contributed by atoms with van der Waals surface area (Å²) < 4.78 is 28.0. The largest absolute Gasteiger partial charge is 0.325 e. The number of carbonyl (C=O) groups excluding carboxylic acids is 1. The predicted molar refractivity (Wildman–Crippen MR) is 111 cm³/mol. The Morgan fingerprint density at radius 1 is 1.26 bits per heavy atom. The molecule has 6 nitrogen and oxygen atoms in total. The molecule has 0 aliphatic heterocycles. The van der Waals surface area contributed by atoms with Crippen LogP contribution < -0.4 is 5.32 Å². The van der Waals surface area contributed by atoms with Gasteiger partial charge in [0.1, 0.15) is 0 Å². The number of thiazole rings is 1. The van der Waals surface area contributed by atoms with Gasteiger partial charge >= 0.3 is 0 Å². The maximum absolute atomic E-state index is 12.5. The Hall–Kier alpha value is -1.65. The maximum atomic E-state index is 12.5. The van der Waals surface area contributed by atoms with Crippen molar-refractivity contribution in [1.29, 1.82) is 0 Å². The Morgan fingerprint density at radius 2 is 1.96 bits per heavy atom. The van der Waals surface area contributed by atoms with Gasteiger partial charge in [0, 0.05) is 17.8 Å². The highest BCUT2D eigenvalue weighted by molar-refractivity contribution is 8.00. The molecule has 0 aliphatic carbocycles.